The van der Waals surface area contributed by atoms with Crippen LogP contribution >= 0.6 is 0 Å². The summed E-state index contributed by atoms with van der Waals surface area (Å²) in [6, 6.07) is 6.06. The van der Waals surface area contributed by atoms with Crippen molar-refractivity contribution in [3.05, 3.63) is 30.1 Å². The van der Waals surface area contributed by atoms with Gasteiger partial charge in [-0.2, -0.15) is 0 Å². The number of hydrogen-bond donors (Lipinski definition) is 0. The third-order valence-corrected chi connectivity index (χ3v) is 3.05. The number of likely N-dealkylation sites (tertiary alicyclic amines) is 1. The maximum absolute atomic E-state index is 12.1. The zero-order chi connectivity index (χ0) is 12.3. The Bertz CT molecular complexity index is 378. The number of aromatic nitrogens is 1. The van der Waals surface area contributed by atoms with Crippen molar-refractivity contribution in [1.29, 1.82) is 0 Å². The molecule has 1 amide bonds. The monoisotopic (exact) mass is 233 g/mol. The van der Waals surface area contributed by atoms with Crippen molar-refractivity contribution in [2.75, 3.05) is 27.2 Å². The summed E-state index contributed by atoms with van der Waals surface area (Å²) in [7, 11) is 3.84. The van der Waals surface area contributed by atoms with E-state index in [0.29, 0.717) is 6.54 Å². The van der Waals surface area contributed by atoms with E-state index in [0.717, 1.165) is 25.1 Å². The minimum Gasteiger partial charge on any atom is -0.333 e. The van der Waals surface area contributed by atoms with Gasteiger partial charge in [0.15, 0.2) is 0 Å². The SMILES string of the molecule is CN(C)CC(=O)N1CCCC1c1ccccn1. The van der Waals surface area contributed by atoms with Gasteiger partial charge in [-0.25, -0.2) is 0 Å². The molecule has 92 valence electrons. The second-order valence-electron chi connectivity index (χ2n) is 4.74. The van der Waals surface area contributed by atoms with Crippen LogP contribution in [0.15, 0.2) is 24.4 Å². The summed E-state index contributed by atoms with van der Waals surface area (Å²) >= 11 is 0. The predicted molar refractivity (Wildman–Crippen MR) is 66.5 cm³/mol. The average molecular weight is 233 g/mol. The van der Waals surface area contributed by atoms with Gasteiger partial charge in [0.05, 0.1) is 18.3 Å². The largest absolute Gasteiger partial charge is 0.333 e. The molecule has 1 unspecified atom stereocenters. The van der Waals surface area contributed by atoms with Gasteiger partial charge < -0.3 is 9.80 Å². The maximum Gasteiger partial charge on any atom is 0.237 e. The fraction of sp³-hybridized carbons (Fsp3) is 0.538. The Morgan fingerprint density at radius 1 is 1.53 bits per heavy atom. The summed E-state index contributed by atoms with van der Waals surface area (Å²) in [5.41, 5.74) is 1.01. The maximum atomic E-state index is 12.1. The fourth-order valence-electron chi connectivity index (χ4n) is 2.31. The average Bonchev–Trinajstić information content (AvgIpc) is 2.78. The van der Waals surface area contributed by atoms with Crippen LogP contribution in [0.3, 0.4) is 0 Å². The highest BCUT2D eigenvalue weighted by molar-refractivity contribution is 5.79. The third-order valence-electron chi connectivity index (χ3n) is 3.05. The first kappa shape index (κ1) is 12.0. The second-order valence-corrected chi connectivity index (χ2v) is 4.74. The predicted octanol–water partition coefficient (Wildman–Crippen LogP) is 1.31. The number of carbonyl (C=O) groups excluding carboxylic acids is 1. The molecule has 0 aliphatic carbocycles. The molecule has 1 aromatic heterocycles. The van der Waals surface area contributed by atoms with Crippen molar-refractivity contribution in [1.82, 2.24) is 14.8 Å². The van der Waals surface area contributed by atoms with Gasteiger partial charge in [0.25, 0.3) is 0 Å². The molecule has 1 aromatic rings. The van der Waals surface area contributed by atoms with Crippen molar-refractivity contribution >= 4 is 5.91 Å². The third kappa shape index (κ3) is 2.82. The molecule has 1 fully saturated rings. The van der Waals surface area contributed by atoms with Gasteiger partial charge >= 0.3 is 0 Å². The van der Waals surface area contributed by atoms with Crippen LogP contribution in [0.5, 0.6) is 0 Å². The van der Waals surface area contributed by atoms with Crippen molar-refractivity contribution in [3.8, 4) is 0 Å². The van der Waals surface area contributed by atoms with Gasteiger partial charge in [0.2, 0.25) is 5.91 Å². The van der Waals surface area contributed by atoms with Crippen LogP contribution < -0.4 is 0 Å². The van der Waals surface area contributed by atoms with Gasteiger partial charge in [0.1, 0.15) is 0 Å². The number of rotatable bonds is 3. The van der Waals surface area contributed by atoms with Crippen molar-refractivity contribution in [2.24, 2.45) is 0 Å². The van der Waals surface area contributed by atoms with Gasteiger partial charge in [0, 0.05) is 12.7 Å². The summed E-state index contributed by atoms with van der Waals surface area (Å²) in [6.07, 6.45) is 3.89. The van der Waals surface area contributed by atoms with Crippen LogP contribution in [-0.2, 0) is 4.79 Å². The van der Waals surface area contributed by atoms with Crippen molar-refractivity contribution in [3.63, 3.8) is 0 Å². The molecule has 0 N–H and O–H groups in total. The molecule has 4 nitrogen and oxygen atoms in total. The number of nitrogens with zero attached hydrogens (tertiary/aromatic N) is 3. The molecule has 2 heterocycles. The van der Waals surface area contributed by atoms with Gasteiger partial charge in [-0.15, -0.1) is 0 Å². The molecular weight excluding hydrogens is 214 g/mol. The van der Waals surface area contributed by atoms with Gasteiger partial charge in [-0.3, -0.25) is 9.78 Å². The topological polar surface area (TPSA) is 36.4 Å². The first-order chi connectivity index (χ1) is 8.18. The molecule has 2 rings (SSSR count). The summed E-state index contributed by atoms with van der Waals surface area (Å²) in [6.45, 7) is 1.33. The van der Waals surface area contributed by atoms with Gasteiger partial charge in [-0.05, 0) is 39.1 Å². The van der Waals surface area contributed by atoms with E-state index in [1.54, 1.807) is 6.20 Å². The smallest absolute Gasteiger partial charge is 0.237 e. The fourth-order valence-corrected chi connectivity index (χ4v) is 2.31. The first-order valence-electron chi connectivity index (χ1n) is 6.03. The summed E-state index contributed by atoms with van der Waals surface area (Å²) in [5.74, 6) is 0.197. The Labute approximate surface area is 102 Å². The zero-order valence-electron chi connectivity index (χ0n) is 10.5. The molecule has 1 aliphatic rings. The number of amides is 1. The van der Waals surface area contributed by atoms with Crippen LogP contribution in [0, 0.1) is 0 Å². The Hall–Kier alpha value is -1.42. The Morgan fingerprint density at radius 2 is 2.35 bits per heavy atom. The van der Waals surface area contributed by atoms with E-state index in [1.807, 2.05) is 42.1 Å². The van der Waals surface area contributed by atoms with Crippen molar-refractivity contribution in [2.45, 2.75) is 18.9 Å². The lowest BCUT2D eigenvalue weighted by Gasteiger charge is -2.25. The second kappa shape index (κ2) is 5.27. The summed E-state index contributed by atoms with van der Waals surface area (Å²) < 4.78 is 0. The van der Waals surface area contributed by atoms with E-state index in [4.69, 9.17) is 0 Å². The molecule has 0 aromatic carbocycles. The highest BCUT2D eigenvalue weighted by Crippen LogP contribution is 2.30. The van der Waals surface area contributed by atoms with Crippen LogP contribution in [0.1, 0.15) is 24.6 Å². The molecule has 0 radical (unpaired) electrons. The molecule has 4 heteroatoms. The van der Waals surface area contributed by atoms with Gasteiger partial charge in [-0.1, -0.05) is 6.07 Å². The minimum atomic E-state index is 0.170. The molecular formula is C13H19N3O. The van der Waals surface area contributed by atoms with E-state index in [2.05, 4.69) is 4.98 Å². The quantitative estimate of drug-likeness (QED) is 0.789. The first-order valence-corrected chi connectivity index (χ1v) is 6.03. The summed E-state index contributed by atoms with van der Waals surface area (Å²) in [4.78, 5) is 20.3. The number of carbonyl (C=O) groups is 1. The lowest BCUT2D eigenvalue weighted by atomic mass is 10.1. The lowest BCUT2D eigenvalue weighted by molar-refractivity contribution is -0.132. The van der Waals surface area contributed by atoms with Crippen LogP contribution in [-0.4, -0.2) is 47.9 Å². The van der Waals surface area contributed by atoms with Crippen molar-refractivity contribution < 1.29 is 4.79 Å². The molecule has 0 bridgehead atoms. The van der Waals surface area contributed by atoms with Crippen LogP contribution in [0.2, 0.25) is 0 Å². The summed E-state index contributed by atoms with van der Waals surface area (Å²) in [5, 5.41) is 0. The van der Waals surface area contributed by atoms with Crippen LogP contribution in [0.4, 0.5) is 0 Å². The standard InChI is InChI=1S/C13H19N3O/c1-15(2)10-13(17)16-9-5-7-12(16)11-6-3-4-8-14-11/h3-4,6,8,12H,5,7,9-10H2,1-2H3. The van der Waals surface area contributed by atoms with E-state index in [1.165, 1.54) is 0 Å². The Balaban J connectivity index is 2.10. The number of likely N-dealkylation sites (N-methyl/N-ethyl adjacent to an activating group) is 1. The van der Waals surface area contributed by atoms with Crippen LogP contribution in [0.25, 0.3) is 0 Å². The highest BCUT2D eigenvalue weighted by atomic mass is 16.2. The molecule has 0 saturated carbocycles. The lowest BCUT2D eigenvalue weighted by Crippen LogP contribution is -2.37. The Kier molecular flexibility index (Phi) is 3.74. The normalized spacial score (nSPS) is 19.9. The molecule has 1 aliphatic heterocycles. The number of hydrogen-bond acceptors (Lipinski definition) is 3. The van der Waals surface area contributed by atoms with E-state index in [-0.39, 0.29) is 11.9 Å². The minimum absolute atomic E-state index is 0.170. The zero-order valence-corrected chi connectivity index (χ0v) is 10.5. The highest BCUT2D eigenvalue weighted by Gasteiger charge is 2.30. The molecule has 0 spiro atoms. The molecule has 1 saturated heterocycles. The Morgan fingerprint density at radius 3 is 3.00 bits per heavy atom. The van der Waals surface area contributed by atoms with E-state index in [9.17, 15) is 4.79 Å². The van der Waals surface area contributed by atoms with E-state index >= 15 is 0 Å². The van der Waals surface area contributed by atoms with E-state index < -0.39 is 0 Å². The molecule has 1 atom stereocenters. The number of pyridine rings is 1. The molecule has 17 heavy (non-hydrogen) atoms.